The average Bonchev–Trinajstić information content (AvgIpc) is 2.91. The summed E-state index contributed by atoms with van der Waals surface area (Å²) in [5.41, 5.74) is 4.68. The van der Waals surface area contributed by atoms with Crippen LogP contribution in [0.4, 0.5) is 10.1 Å². The van der Waals surface area contributed by atoms with Gasteiger partial charge in [-0.2, -0.15) is 0 Å². The van der Waals surface area contributed by atoms with E-state index in [0.29, 0.717) is 23.8 Å². The standard InChI is InChI=1S/C23H25FN2O2S/c1-13-10-14(2)20(15(3)11-13)21-19(27)12-16(22(21)28)8-9-25-23(29)26-18-6-4-17(24)5-7-18/h4-7,10-11,16,21H,8-9,12H2,1-3H3,(H2,25,26,29). The number of halogens is 1. The lowest BCUT2D eigenvalue weighted by molar-refractivity contribution is -0.124. The second-order valence-electron chi connectivity index (χ2n) is 7.69. The molecular formula is C23H25FN2O2S. The van der Waals surface area contributed by atoms with Gasteiger partial charge in [0.15, 0.2) is 10.9 Å². The summed E-state index contributed by atoms with van der Waals surface area (Å²) >= 11 is 5.24. The number of carbonyl (C=O) groups is 2. The molecule has 0 aromatic heterocycles. The van der Waals surface area contributed by atoms with Crippen LogP contribution in [0.25, 0.3) is 0 Å². The first-order valence-electron chi connectivity index (χ1n) is 9.71. The molecule has 1 saturated carbocycles. The molecule has 0 heterocycles. The Morgan fingerprint density at radius 1 is 1.10 bits per heavy atom. The molecular weight excluding hydrogens is 387 g/mol. The summed E-state index contributed by atoms with van der Waals surface area (Å²) in [4.78, 5) is 25.6. The Bertz CT molecular complexity index is 933. The lowest BCUT2D eigenvalue weighted by Gasteiger charge is -2.16. The lowest BCUT2D eigenvalue weighted by atomic mass is 9.86. The van der Waals surface area contributed by atoms with Gasteiger partial charge in [-0.25, -0.2) is 4.39 Å². The average molecular weight is 413 g/mol. The molecule has 2 N–H and O–H groups in total. The van der Waals surface area contributed by atoms with Crippen molar-refractivity contribution in [1.82, 2.24) is 5.32 Å². The third kappa shape index (κ3) is 4.88. The predicted octanol–water partition coefficient (Wildman–Crippen LogP) is 4.37. The Hall–Kier alpha value is -2.60. The summed E-state index contributed by atoms with van der Waals surface area (Å²) in [7, 11) is 0. The fraction of sp³-hybridized carbons (Fsp3) is 0.348. The fourth-order valence-corrected chi connectivity index (χ4v) is 4.34. The molecule has 2 aromatic rings. The maximum absolute atomic E-state index is 13.0. The van der Waals surface area contributed by atoms with Crippen LogP contribution in [0.1, 0.15) is 41.0 Å². The number of anilines is 1. The number of nitrogens with one attached hydrogen (secondary N) is 2. The van der Waals surface area contributed by atoms with Crippen LogP contribution in [0.15, 0.2) is 36.4 Å². The van der Waals surface area contributed by atoms with Gasteiger partial charge in [0, 0.05) is 24.6 Å². The van der Waals surface area contributed by atoms with Crippen LogP contribution < -0.4 is 10.6 Å². The monoisotopic (exact) mass is 412 g/mol. The van der Waals surface area contributed by atoms with Crippen LogP contribution in [-0.2, 0) is 9.59 Å². The van der Waals surface area contributed by atoms with Gasteiger partial charge >= 0.3 is 0 Å². The first-order valence-corrected chi connectivity index (χ1v) is 10.1. The SMILES string of the molecule is Cc1cc(C)c(C2C(=O)CC(CCNC(=S)Nc3ccc(F)cc3)C2=O)c(C)c1. The molecule has 29 heavy (non-hydrogen) atoms. The van der Waals surface area contributed by atoms with Crippen molar-refractivity contribution in [2.45, 2.75) is 39.5 Å². The molecule has 2 atom stereocenters. The molecule has 2 aromatic carbocycles. The zero-order chi connectivity index (χ0) is 21.1. The van der Waals surface area contributed by atoms with E-state index in [1.807, 2.05) is 32.9 Å². The van der Waals surface area contributed by atoms with Gasteiger partial charge in [-0.3, -0.25) is 9.59 Å². The molecule has 4 nitrogen and oxygen atoms in total. The summed E-state index contributed by atoms with van der Waals surface area (Å²) in [5.74, 6) is -1.25. The molecule has 0 spiro atoms. The molecule has 0 aliphatic heterocycles. The van der Waals surface area contributed by atoms with Crippen molar-refractivity contribution in [2.24, 2.45) is 5.92 Å². The molecule has 0 radical (unpaired) electrons. The predicted molar refractivity (Wildman–Crippen MR) is 117 cm³/mol. The molecule has 6 heteroatoms. The van der Waals surface area contributed by atoms with E-state index in [1.165, 1.54) is 12.1 Å². The molecule has 0 bridgehead atoms. The molecule has 1 aliphatic rings. The smallest absolute Gasteiger partial charge is 0.170 e. The Labute approximate surface area is 175 Å². The van der Waals surface area contributed by atoms with Gasteiger partial charge in [-0.05, 0) is 80.4 Å². The molecule has 3 rings (SSSR count). The lowest BCUT2D eigenvalue weighted by Crippen LogP contribution is -2.31. The van der Waals surface area contributed by atoms with Crippen LogP contribution in [0.2, 0.25) is 0 Å². The van der Waals surface area contributed by atoms with Gasteiger partial charge in [0.2, 0.25) is 0 Å². The number of thiocarbonyl (C=S) groups is 1. The van der Waals surface area contributed by atoms with Crippen molar-refractivity contribution in [3.05, 3.63) is 64.5 Å². The van der Waals surface area contributed by atoms with Crippen LogP contribution in [0.3, 0.4) is 0 Å². The van der Waals surface area contributed by atoms with Crippen LogP contribution in [0.5, 0.6) is 0 Å². The van der Waals surface area contributed by atoms with Crippen molar-refractivity contribution < 1.29 is 14.0 Å². The van der Waals surface area contributed by atoms with Crippen molar-refractivity contribution in [3.63, 3.8) is 0 Å². The number of Topliss-reactive ketones (excluding diaryl/α,β-unsaturated/α-hetero) is 2. The summed E-state index contributed by atoms with van der Waals surface area (Å²) in [6.45, 7) is 6.42. The molecule has 1 aliphatic carbocycles. The minimum atomic E-state index is -0.648. The van der Waals surface area contributed by atoms with E-state index in [9.17, 15) is 14.0 Å². The first kappa shape index (κ1) is 21.1. The second kappa shape index (κ2) is 8.82. The zero-order valence-electron chi connectivity index (χ0n) is 16.8. The van der Waals surface area contributed by atoms with Crippen LogP contribution in [0, 0.1) is 32.5 Å². The maximum atomic E-state index is 13.0. The minimum absolute atomic E-state index is 0.00191. The van der Waals surface area contributed by atoms with Crippen LogP contribution >= 0.6 is 12.2 Å². The van der Waals surface area contributed by atoms with E-state index in [1.54, 1.807) is 12.1 Å². The number of rotatable bonds is 5. The normalized spacial score (nSPS) is 18.8. The summed E-state index contributed by atoms with van der Waals surface area (Å²) in [6, 6.07) is 9.94. The van der Waals surface area contributed by atoms with Gasteiger partial charge in [0.25, 0.3) is 0 Å². The van der Waals surface area contributed by atoms with E-state index in [4.69, 9.17) is 12.2 Å². The molecule has 0 saturated heterocycles. The minimum Gasteiger partial charge on any atom is -0.362 e. The highest BCUT2D eigenvalue weighted by atomic mass is 32.1. The number of hydrogen-bond acceptors (Lipinski definition) is 3. The maximum Gasteiger partial charge on any atom is 0.170 e. The van der Waals surface area contributed by atoms with E-state index in [2.05, 4.69) is 10.6 Å². The van der Waals surface area contributed by atoms with Gasteiger partial charge in [-0.15, -0.1) is 0 Å². The Morgan fingerprint density at radius 3 is 2.34 bits per heavy atom. The number of ketones is 2. The van der Waals surface area contributed by atoms with Gasteiger partial charge in [0.05, 0.1) is 0 Å². The number of aryl methyl sites for hydroxylation is 3. The largest absolute Gasteiger partial charge is 0.362 e. The van der Waals surface area contributed by atoms with Crippen molar-refractivity contribution in [2.75, 3.05) is 11.9 Å². The molecule has 1 fully saturated rings. The summed E-state index contributed by atoms with van der Waals surface area (Å²) < 4.78 is 13.0. The Morgan fingerprint density at radius 2 is 1.72 bits per heavy atom. The Balaban J connectivity index is 1.58. The fourth-order valence-electron chi connectivity index (χ4n) is 4.12. The zero-order valence-corrected chi connectivity index (χ0v) is 17.7. The Kier molecular flexibility index (Phi) is 6.42. The van der Waals surface area contributed by atoms with E-state index in [-0.39, 0.29) is 29.7 Å². The van der Waals surface area contributed by atoms with E-state index >= 15 is 0 Å². The first-order chi connectivity index (χ1) is 13.8. The summed E-state index contributed by atoms with van der Waals surface area (Å²) in [5, 5.41) is 6.43. The van der Waals surface area contributed by atoms with Crippen LogP contribution in [-0.4, -0.2) is 23.2 Å². The third-order valence-corrected chi connectivity index (χ3v) is 5.61. The van der Waals surface area contributed by atoms with Crippen molar-refractivity contribution >= 4 is 34.6 Å². The van der Waals surface area contributed by atoms with Crippen molar-refractivity contribution in [1.29, 1.82) is 0 Å². The highest BCUT2D eigenvalue weighted by Crippen LogP contribution is 2.37. The molecule has 0 amide bonds. The number of carbonyl (C=O) groups excluding carboxylic acids is 2. The quantitative estimate of drug-likeness (QED) is 0.564. The molecule has 152 valence electrons. The van der Waals surface area contributed by atoms with E-state index < -0.39 is 5.92 Å². The second-order valence-corrected chi connectivity index (χ2v) is 8.10. The summed E-state index contributed by atoms with van der Waals surface area (Å²) in [6.07, 6.45) is 0.812. The molecule has 2 unspecified atom stereocenters. The number of hydrogen-bond donors (Lipinski definition) is 2. The van der Waals surface area contributed by atoms with E-state index in [0.717, 1.165) is 22.3 Å². The van der Waals surface area contributed by atoms with Gasteiger partial charge < -0.3 is 10.6 Å². The highest BCUT2D eigenvalue weighted by Gasteiger charge is 2.42. The van der Waals surface area contributed by atoms with Gasteiger partial charge in [0.1, 0.15) is 17.5 Å². The topological polar surface area (TPSA) is 58.2 Å². The highest BCUT2D eigenvalue weighted by molar-refractivity contribution is 7.80. The number of benzene rings is 2. The van der Waals surface area contributed by atoms with Crippen molar-refractivity contribution in [3.8, 4) is 0 Å². The third-order valence-electron chi connectivity index (χ3n) is 5.36. The van der Waals surface area contributed by atoms with Gasteiger partial charge in [-0.1, -0.05) is 17.7 Å².